The fourth-order valence-corrected chi connectivity index (χ4v) is 2.03. The van der Waals surface area contributed by atoms with Crippen molar-refractivity contribution >= 4 is 17.7 Å². The molecule has 0 aliphatic carbocycles. The Morgan fingerprint density at radius 1 is 1.12 bits per heavy atom. The van der Waals surface area contributed by atoms with Crippen LogP contribution in [0.2, 0.25) is 0 Å². The van der Waals surface area contributed by atoms with Crippen molar-refractivity contribution in [3.05, 3.63) is 72.8 Å². The van der Waals surface area contributed by atoms with Gasteiger partial charge in [0.1, 0.15) is 18.1 Å². The standard InChI is InChI=1S/C20H21NO3/c1-3-15-24-17-12-9-16(10-13-17)11-14-20(22)21-18-7-5-6-8-19(18)23-4-2/h3,5-14H,1,4,15H2,2H3,(H,21,22)/b14-11+. The van der Waals surface area contributed by atoms with Gasteiger partial charge in [-0.15, -0.1) is 0 Å². The molecule has 2 aromatic rings. The molecule has 0 saturated heterocycles. The largest absolute Gasteiger partial charge is 0.492 e. The Kier molecular flexibility index (Phi) is 6.65. The van der Waals surface area contributed by atoms with E-state index in [0.29, 0.717) is 24.7 Å². The molecule has 0 aromatic heterocycles. The minimum absolute atomic E-state index is 0.214. The van der Waals surface area contributed by atoms with E-state index in [1.807, 2.05) is 55.5 Å². The number of carbonyl (C=O) groups excluding carboxylic acids is 1. The van der Waals surface area contributed by atoms with Crippen LogP contribution in [0.25, 0.3) is 6.08 Å². The van der Waals surface area contributed by atoms with Gasteiger partial charge in [0.2, 0.25) is 5.91 Å². The average Bonchev–Trinajstić information content (AvgIpc) is 2.61. The smallest absolute Gasteiger partial charge is 0.248 e. The summed E-state index contributed by atoms with van der Waals surface area (Å²) in [5.41, 5.74) is 1.57. The molecular formula is C20H21NO3. The van der Waals surface area contributed by atoms with Crippen LogP contribution in [0.5, 0.6) is 11.5 Å². The zero-order valence-electron chi connectivity index (χ0n) is 13.7. The number of nitrogens with one attached hydrogen (secondary N) is 1. The fourth-order valence-electron chi connectivity index (χ4n) is 2.03. The Hall–Kier alpha value is -3.01. The lowest BCUT2D eigenvalue weighted by molar-refractivity contribution is -0.111. The molecule has 4 heteroatoms. The molecule has 1 amide bonds. The first-order chi connectivity index (χ1) is 11.7. The minimum Gasteiger partial charge on any atom is -0.492 e. The van der Waals surface area contributed by atoms with Crippen LogP contribution in [-0.2, 0) is 4.79 Å². The molecule has 0 heterocycles. The van der Waals surface area contributed by atoms with E-state index in [-0.39, 0.29) is 5.91 Å². The summed E-state index contributed by atoms with van der Waals surface area (Å²) >= 11 is 0. The lowest BCUT2D eigenvalue weighted by atomic mass is 10.2. The predicted octanol–water partition coefficient (Wildman–Crippen LogP) is 4.30. The van der Waals surface area contributed by atoms with Gasteiger partial charge in [-0.05, 0) is 42.8 Å². The van der Waals surface area contributed by atoms with Gasteiger partial charge in [-0.3, -0.25) is 4.79 Å². The maximum absolute atomic E-state index is 12.1. The second kappa shape index (κ2) is 9.20. The molecular weight excluding hydrogens is 302 g/mol. The van der Waals surface area contributed by atoms with Crippen LogP contribution in [0.3, 0.4) is 0 Å². The monoisotopic (exact) mass is 323 g/mol. The van der Waals surface area contributed by atoms with Crippen molar-refractivity contribution in [2.75, 3.05) is 18.5 Å². The maximum Gasteiger partial charge on any atom is 0.248 e. The highest BCUT2D eigenvalue weighted by molar-refractivity contribution is 6.02. The van der Waals surface area contributed by atoms with Crippen LogP contribution in [-0.4, -0.2) is 19.1 Å². The highest BCUT2D eigenvalue weighted by atomic mass is 16.5. The number of benzene rings is 2. The number of para-hydroxylation sites is 2. The van der Waals surface area contributed by atoms with Crippen molar-refractivity contribution in [2.45, 2.75) is 6.92 Å². The normalized spacial score (nSPS) is 10.4. The zero-order chi connectivity index (χ0) is 17.2. The van der Waals surface area contributed by atoms with Crippen molar-refractivity contribution < 1.29 is 14.3 Å². The first-order valence-electron chi connectivity index (χ1n) is 7.77. The molecule has 1 N–H and O–H groups in total. The third-order valence-corrected chi connectivity index (χ3v) is 3.12. The Balaban J connectivity index is 1.96. The van der Waals surface area contributed by atoms with E-state index in [9.17, 15) is 4.79 Å². The fraction of sp³-hybridized carbons (Fsp3) is 0.150. The molecule has 0 atom stereocenters. The van der Waals surface area contributed by atoms with Gasteiger partial charge < -0.3 is 14.8 Å². The van der Waals surface area contributed by atoms with E-state index < -0.39 is 0 Å². The van der Waals surface area contributed by atoms with Crippen LogP contribution in [0.15, 0.2) is 67.3 Å². The van der Waals surface area contributed by atoms with E-state index in [4.69, 9.17) is 9.47 Å². The van der Waals surface area contributed by atoms with E-state index in [1.165, 1.54) is 6.08 Å². The zero-order valence-corrected chi connectivity index (χ0v) is 13.7. The number of ether oxygens (including phenoxy) is 2. The lowest BCUT2D eigenvalue weighted by Crippen LogP contribution is -2.09. The van der Waals surface area contributed by atoms with Crippen molar-refractivity contribution in [3.8, 4) is 11.5 Å². The van der Waals surface area contributed by atoms with Gasteiger partial charge >= 0.3 is 0 Å². The highest BCUT2D eigenvalue weighted by Crippen LogP contribution is 2.23. The molecule has 4 nitrogen and oxygen atoms in total. The van der Waals surface area contributed by atoms with Gasteiger partial charge in [0.15, 0.2) is 0 Å². The van der Waals surface area contributed by atoms with Crippen LogP contribution in [0, 0.1) is 0 Å². The number of anilines is 1. The molecule has 124 valence electrons. The summed E-state index contributed by atoms with van der Waals surface area (Å²) in [5.74, 6) is 1.21. The summed E-state index contributed by atoms with van der Waals surface area (Å²) in [7, 11) is 0. The molecule has 0 unspecified atom stereocenters. The van der Waals surface area contributed by atoms with E-state index >= 15 is 0 Å². The highest BCUT2D eigenvalue weighted by Gasteiger charge is 2.04. The number of rotatable bonds is 8. The van der Waals surface area contributed by atoms with Gasteiger partial charge in [-0.1, -0.05) is 36.9 Å². The number of hydrogen-bond acceptors (Lipinski definition) is 3. The van der Waals surface area contributed by atoms with Gasteiger partial charge in [0.05, 0.1) is 12.3 Å². The molecule has 0 bridgehead atoms. The number of hydrogen-bond donors (Lipinski definition) is 1. The maximum atomic E-state index is 12.1. The van der Waals surface area contributed by atoms with Crippen LogP contribution >= 0.6 is 0 Å². The first-order valence-corrected chi connectivity index (χ1v) is 7.77. The summed E-state index contributed by atoms with van der Waals surface area (Å²) in [6.07, 6.45) is 4.93. The topological polar surface area (TPSA) is 47.6 Å². The van der Waals surface area contributed by atoms with Crippen molar-refractivity contribution in [1.29, 1.82) is 0 Å². The second-order valence-electron chi connectivity index (χ2n) is 4.92. The Morgan fingerprint density at radius 3 is 2.58 bits per heavy atom. The molecule has 0 spiro atoms. The summed E-state index contributed by atoms with van der Waals surface area (Å²) in [6, 6.07) is 14.8. The molecule has 0 radical (unpaired) electrons. The predicted molar refractivity (Wildman–Crippen MR) is 97.4 cm³/mol. The second-order valence-corrected chi connectivity index (χ2v) is 4.92. The Morgan fingerprint density at radius 2 is 1.88 bits per heavy atom. The van der Waals surface area contributed by atoms with E-state index in [1.54, 1.807) is 12.2 Å². The molecule has 0 aliphatic heterocycles. The van der Waals surface area contributed by atoms with Crippen molar-refractivity contribution in [3.63, 3.8) is 0 Å². The molecule has 0 saturated carbocycles. The lowest BCUT2D eigenvalue weighted by Gasteiger charge is -2.09. The van der Waals surface area contributed by atoms with Gasteiger partial charge in [0, 0.05) is 6.08 Å². The van der Waals surface area contributed by atoms with Crippen molar-refractivity contribution in [1.82, 2.24) is 0 Å². The van der Waals surface area contributed by atoms with Crippen LogP contribution in [0.4, 0.5) is 5.69 Å². The SMILES string of the molecule is C=CCOc1ccc(/C=C/C(=O)Nc2ccccc2OCC)cc1. The summed E-state index contributed by atoms with van der Waals surface area (Å²) in [6.45, 7) is 6.52. The quantitative estimate of drug-likeness (QED) is 0.582. The van der Waals surface area contributed by atoms with E-state index in [0.717, 1.165) is 11.3 Å². The van der Waals surface area contributed by atoms with Gasteiger partial charge in [-0.25, -0.2) is 0 Å². The molecule has 0 fully saturated rings. The minimum atomic E-state index is -0.214. The summed E-state index contributed by atoms with van der Waals surface area (Å²) < 4.78 is 10.9. The third-order valence-electron chi connectivity index (χ3n) is 3.12. The molecule has 2 aromatic carbocycles. The Labute approximate surface area is 142 Å². The van der Waals surface area contributed by atoms with Gasteiger partial charge in [-0.2, -0.15) is 0 Å². The third kappa shape index (κ3) is 5.32. The van der Waals surface area contributed by atoms with Crippen LogP contribution < -0.4 is 14.8 Å². The molecule has 0 aliphatic rings. The Bertz CT molecular complexity index is 705. The number of amides is 1. The summed E-state index contributed by atoms with van der Waals surface area (Å²) in [4.78, 5) is 12.1. The summed E-state index contributed by atoms with van der Waals surface area (Å²) in [5, 5.41) is 2.82. The number of carbonyl (C=O) groups is 1. The van der Waals surface area contributed by atoms with Crippen LogP contribution in [0.1, 0.15) is 12.5 Å². The van der Waals surface area contributed by atoms with Gasteiger partial charge in [0.25, 0.3) is 0 Å². The average molecular weight is 323 g/mol. The molecule has 24 heavy (non-hydrogen) atoms. The molecule has 2 rings (SSSR count). The van der Waals surface area contributed by atoms with Crippen molar-refractivity contribution in [2.24, 2.45) is 0 Å². The first kappa shape index (κ1) is 17.3. The van der Waals surface area contributed by atoms with E-state index in [2.05, 4.69) is 11.9 Å².